The largest absolute Gasteiger partial charge is 0.490 e. The molecule has 2 N–H and O–H groups in total. The van der Waals surface area contributed by atoms with Crippen LogP contribution in [0.4, 0.5) is 18.9 Å². The summed E-state index contributed by atoms with van der Waals surface area (Å²) in [5.41, 5.74) is 5.38. The van der Waals surface area contributed by atoms with Crippen molar-refractivity contribution >= 4 is 19.0 Å². The molecular formula is C10H13BF3NO2. The van der Waals surface area contributed by atoms with Gasteiger partial charge in [0, 0.05) is 18.9 Å². The van der Waals surface area contributed by atoms with Crippen LogP contribution >= 0.6 is 0 Å². The Kier molecular flexibility index (Phi) is 4.28. The van der Waals surface area contributed by atoms with Crippen LogP contribution in [0, 0.1) is 0 Å². The van der Waals surface area contributed by atoms with Crippen LogP contribution in [0.5, 0.6) is 5.75 Å². The summed E-state index contributed by atoms with van der Waals surface area (Å²) in [5, 5.41) is 0. The quantitative estimate of drug-likeness (QED) is 0.480. The van der Waals surface area contributed by atoms with E-state index in [0.717, 1.165) is 6.07 Å². The Morgan fingerprint density at radius 2 is 1.94 bits per heavy atom. The zero-order chi connectivity index (χ0) is 13.1. The third kappa shape index (κ3) is 3.56. The number of nitrogen functional groups attached to an aromatic ring is 1. The first-order chi connectivity index (χ1) is 7.86. The topological polar surface area (TPSA) is 44.5 Å². The molecule has 0 bridgehead atoms. The number of anilines is 1. The number of ether oxygens (including phenoxy) is 2. The number of methoxy groups -OCH3 is 1. The highest BCUT2D eigenvalue weighted by atomic mass is 19.4. The fourth-order valence-electron chi connectivity index (χ4n) is 1.28. The van der Waals surface area contributed by atoms with Gasteiger partial charge in [0.15, 0.2) is 0 Å². The minimum atomic E-state index is -4.46. The summed E-state index contributed by atoms with van der Waals surface area (Å²) in [6.07, 6.45) is -4.46. The van der Waals surface area contributed by atoms with Crippen molar-refractivity contribution in [2.24, 2.45) is 0 Å². The fraction of sp³-hybridized carbons (Fsp3) is 0.400. The van der Waals surface area contributed by atoms with Gasteiger partial charge in [-0.1, -0.05) is 11.5 Å². The van der Waals surface area contributed by atoms with Crippen LogP contribution < -0.4 is 15.9 Å². The monoisotopic (exact) mass is 247 g/mol. The lowest BCUT2D eigenvalue weighted by molar-refractivity contribution is -0.139. The maximum absolute atomic E-state index is 12.7. The predicted octanol–water partition coefficient (Wildman–Crippen LogP) is 0.571. The summed E-state index contributed by atoms with van der Waals surface area (Å²) < 4.78 is 47.9. The second kappa shape index (κ2) is 5.31. The molecule has 1 rings (SSSR count). The zero-order valence-electron chi connectivity index (χ0n) is 9.60. The van der Waals surface area contributed by atoms with Gasteiger partial charge in [-0.15, -0.1) is 0 Å². The van der Waals surface area contributed by atoms with Gasteiger partial charge in [0.25, 0.3) is 0 Å². The molecule has 0 aromatic heterocycles. The summed E-state index contributed by atoms with van der Waals surface area (Å²) in [7, 11) is 2.96. The van der Waals surface area contributed by atoms with Gasteiger partial charge in [0.1, 0.15) is 20.2 Å². The van der Waals surface area contributed by atoms with Crippen LogP contribution in [-0.2, 0) is 10.9 Å². The van der Waals surface area contributed by atoms with Crippen LogP contribution in [0.3, 0.4) is 0 Å². The van der Waals surface area contributed by atoms with Gasteiger partial charge in [-0.05, 0) is 0 Å². The standard InChI is InChI=1S/C10H13BF3NO2/c1-16-2-3-17-9-5-8(15)7(11)4-6(9)10(12,13)14/h4-5H,2-3,11,15H2,1H3. The third-order valence-corrected chi connectivity index (χ3v) is 2.22. The molecule has 0 aliphatic heterocycles. The Hall–Kier alpha value is -1.37. The molecule has 0 unspecified atom stereocenters. The molecule has 1 aromatic carbocycles. The van der Waals surface area contributed by atoms with Crippen LogP contribution in [0.1, 0.15) is 5.56 Å². The molecular weight excluding hydrogens is 234 g/mol. The highest BCUT2D eigenvalue weighted by molar-refractivity contribution is 6.35. The highest BCUT2D eigenvalue weighted by Crippen LogP contribution is 2.36. The van der Waals surface area contributed by atoms with Gasteiger partial charge in [-0.3, -0.25) is 0 Å². The maximum atomic E-state index is 12.7. The van der Waals surface area contributed by atoms with E-state index in [-0.39, 0.29) is 24.7 Å². The van der Waals surface area contributed by atoms with Gasteiger partial charge in [0.05, 0.1) is 12.2 Å². The Labute approximate surface area is 98.1 Å². The van der Waals surface area contributed by atoms with Crippen molar-refractivity contribution in [2.45, 2.75) is 6.18 Å². The number of hydrogen-bond acceptors (Lipinski definition) is 3. The molecule has 0 fully saturated rings. The smallest absolute Gasteiger partial charge is 0.419 e. The minimum Gasteiger partial charge on any atom is -0.490 e. The van der Waals surface area contributed by atoms with Gasteiger partial charge < -0.3 is 15.2 Å². The van der Waals surface area contributed by atoms with Crippen LogP contribution in [0.15, 0.2) is 12.1 Å². The molecule has 0 atom stereocenters. The zero-order valence-corrected chi connectivity index (χ0v) is 9.60. The SMILES string of the molecule is Bc1cc(C(F)(F)F)c(OCCOC)cc1N. The molecule has 0 spiro atoms. The van der Waals surface area contributed by atoms with E-state index < -0.39 is 11.7 Å². The van der Waals surface area contributed by atoms with Crippen LogP contribution in [-0.4, -0.2) is 28.2 Å². The van der Waals surface area contributed by atoms with Gasteiger partial charge in [-0.25, -0.2) is 0 Å². The van der Waals surface area contributed by atoms with E-state index >= 15 is 0 Å². The van der Waals surface area contributed by atoms with Gasteiger partial charge in [-0.2, -0.15) is 13.2 Å². The average Bonchev–Trinajstić information content (AvgIpc) is 2.21. The van der Waals surface area contributed by atoms with Crippen molar-refractivity contribution < 1.29 is 22.6 Å². The lowest BCUT2D eigenvalue weighted by Crippen LogP contribution is -2.18. The molecule has 0 saturated heterocycles. The maximum Gasteiger partial charge on any atom is 0.419 e. The molecule has 1 aromatic rings. The van der Waals surface area contributed by atoms with Crippen molar-refractivity contribution in [3.8, 4) is 5.75 Å². The lowest BCUT2D eigenvalue weighted by atomic mass is 9.91. The molecule has 3 nitrogen and oxygen atoms in total. The summed E-state index contributed by atoms with van der Waals surface area (Å²) in [5.74, 6) is -0.266. The van der Waals surface area contributed by atoms with Gasteiger partial charge >= 0.3 is 6.18 Å². The van der Waals surface area contributed by atoms with E-state index in [9.17, 15) is 13.2 Å². The summed E-state index contributed by atoms with van der Waals surface area (Å²) in [6, 6.07) is 2.17. The molecule has 17 heavy (non-hydrogen) atoms. The van der Waals surface area contributed by atoms with E-state index in [2.05, 4.69) is 0 Å². The molecule has 0 amide bonds. The van der Waals surface area contributed by atoms with Gasteiger partial charge in [0.2, 0.25) is 0 Å². The van der Waals surface area contributed by atoms with Crippen molar-refractivity contribution in [1.29, 1.82) is 0 Å². The van der Waals surface area contributed by atoms with E-state index in [1.807, 2.05) is 0 Å². The normalized spacial score (nSPS) is 11.5. The van der Waals surface area contributed by atoms with E-state index in [4.69, 9.17) is 15.2 Å². The molecule has 0 heterocycles. The van der Waals surface area contributed by atoms with Crippen molar-refractivity contribution in [3.05, 3.63) is 17.7 Å². The first-order valence-corrected chi connectivity index (χ1v) is 4.95. The molecule has 0 aliphatic rings. The average molecular weight is 247 g/mol. The number of halogens is 3. The summed E-state index contributed by atoms with van der Waals surface area (Å²) >= 11 is 0. The number of nitrogens with two attached hydrogens (primary N) is 1. The summed E-state index contributed by atoms with van der Waals surface area (Å²) in [6.45, 7) is 0.257. The molecule has 7 heteroatoms. The van der Waals surface area contributed by atoms with Crippen LogP contribution in [0.25, 0.3) is 0 Å². The molecule has 94 valence electrons. The van der Waals surface area contributed by atoms with Crippen molar-refractivity contribution in [2.75, 3.05) is 26.1 Å². The van der Waals surface area contributed by atoms with E-state index in [1.165, 1.54) is 21.0 Å². The third-order valence-electron chi connectivity index (χ3n) is 2.22. The molecule has 0 aliphatic carbocycles. The highest BCUT2D eigenvalue weighted by Gasteiger charge is 2.34. The van der Waals surface area contributed by atoms with E-state index in [0.29, 0.717) is 5.46 Å². The van der Waals surface area contributed by atoms with Crippen molar-refractivity contribution in [1.82, 2.24) is 0 Å². The Bertz CT molecular complexity index is 396. The molecule has 0 radical (unpaired) electrons. The summed E-state index contributed by atoms with van der Waals surface area (Å²) in [4.78, 5) is 0. The Morgan fingerprint density at radius 1 is 1.29 bits per heavy atom. The van der Waals surface area contributed by atoms with Crippen molar-refractivity contribution in [3.63, 3.8) is 0 Å². The lowest BCUT2D eigenvalue weighted by Gasteiger charge is -2.15. The second-order valence-electron chi connectivity index (χ2n) is 3.54. The fourth-order valence-corrected chi connectivity index (χ4v) is 1.28. The van der Waals surface area contributed by atoms with Crippen LogP contribution in [0.2, 0.25) is 0 Å². The molecule has 0 saturated carbocycles. The predicted molar refractivity (Wildman–Crippen MR) is 61.4 cm³/mol. The Balaban J connectivity index is 3.04. The first kappa shape index (κ1) is 13.7. The first-order valence-electron chi connectivity index (χ1n) is 4.95. The number of rotatable bonds is 4. The Morgan fingerprint density at radius 3 is 2.47 bits per heavy atom. The van der Waals surface area contributed by atoms with E-state index in [1.54, 1.807) is 0 Å². The second-order valence-corrected chi connectivity index (χ2v) is 3.54. The number of benzene rings is 1. The number of hydrogen-bond donors (Lipinski definition) is 1. The number of alkyl halides is 3. The minimum absolute atomic E-state index is 0.0437.